The first kappa shape index (κ1) is 32.6. The Morgan fingerprint density at radius 2 is 1.39 bits per heavy atom. The Morgan fingerprint density at radius 3 is 1.81 bits per heavy atom. The number of ether oxygens (including phenoxy) is 2. The number of rotatable bonds is 12. The lowest BCUT2D eigenvalue weighted by atomic mass is 9.58. The van der Waals surface area contributed by atoms with Gasteiger partial charge in [0.2, 0.25) is 0 Å². The molecule has 0 radical (unpaired) electrons. The molecule has 2 atom stereocenters. The minimum absolute atomic E-state index is 0.0814. The highest BCUT2D eigenvalue weighted by atomic mass is 19.4. The fourth-order valence-electron chi connectivity index (χ4n) is 5.13. The van der Waals surface area contributed by atoms with Crippen molar-refractivity contribution in [1.29, 1.82) is 0 Å². The fraction of sp³-hybridized carbons (Fsp3) is 0.926. The van der Waals surface area contributed by atoms with Crippen molar-refractivity contribution in [3.8, 4) is 0 Å². The molecule has 1 rings (SSSR count). The minimum atomic E-state index is -5.83. The molecule has 0 spiro atoms. The Bertz CT molecular complexity index is 754. The van der Waals surface area contributed by atoms with Gasteiger partial charge >= 0.3 is 24.0 Å². The van der Waals surface area contributed by atoms with Crippen molar-refractivity contribution in [3.05, 3.63) is 0 Å². The van der Waals surface area contributed by atoms with E-state index in [9.17, 15) is 31.5 Å². The van der Waals surface area contributed by atoms with Crippen LogP contribution in [0.3, 0.4) is 0 Å². The van der Waals surface area contributed by atoms with E-state index in [0.717, 1.165) is 12.8 Å². The van der Waals surface area contributed by atoms with Gasteiger partial charge in [0.25, 0.3) is 0 Å². The molecule has 1 saturated carbocycles. The summed E-state index contributed by atoms with van der Waals surface area (Å²) in [6.07, 6.45) is -0.919. The van der Waals surface area contributed by atoms with Crippen molar-refractivity contribution in [2.45, 2.75) is 131 Å². The summed E-state index contributed by atoms with van der Waals surface area (Å²) in [5.74, 6) is -7.96. The Kier molecular flexibility index (Phi) is 10.5. The van der Waals surface area contributed by atoms with Gasteiger partial charge < -0.3 is 9.47 Å². The van der Waals surface area contributed by atoms with Crippen molar-refractivity contribution in [3.63, 3.8) is 0 Å². The van der Waals surface area contributed by atoms with Gasteiger partial charge in [-0.1, -0.05) is 61.3 Å². The van der Waals surface area contributed by atoms with Crippen LogP contribution in [0, 0.1) is 22.2 Å². The van der Waals surface area contributed by atoms with Crippen molar-refractivity contribution in [2.24, 2.45) is 22.2 Å². The first-order chi connectivity index (χ1) is 16.2. The summed E-state index contributed by atoms with van der Waals surface area (Å²) in [6.45, 7) is 13.6. The van der Waals surface area contributed by atoms with Gasteiger partial charge in [0.05, 0.1) is 11.3 Å². The first-order valence-electron chi connectivity index (χ1n) is 13.1. The molecule has 0 N–H and O–H groups in total. The molecule has 4 nitrogen and oxygen atoms in total. The molecule has 0 aliphatic heterocycles. The predicted octanol–water partition coefficient (Wildman–Crippen LogP) is 8.27. The molecule has 0 aromatic carbocycles. The molecule has 1 fully saturated rings. The lowest BCUT2D eigenvalue weighted by Crippen LogP contribution is -2.54. The van der Waals surface area contributed by atoms with E-state index in [0.29, 0.717) is 38.5 Å². The molecule has 0 saturated heterocycles. The number of esters is 2. The van der Waals surface area contributed by atoms with Gasteiger partial charge in [-0.2, -0.15) is 22.0 Å². The lowest BCUT2D eigenvalue weighted by Gasteiger charge is -2.49. The second kappa shape index (κ2) is 11.5. The van der Waals surface area contributed by atoms with E-state index in [1.807, 2.05) is 34.6 Å². The molecule has 212 valence electrons. The molecule has 2 unspecified atom stereocenters. The molecule has 9 heteroatoms. The van der Waals surface area contributed by atoms with Gasteiger partial charge in [-0.3, -0.25) is 9.59 Å². The molecule has 0 bridgehead atoms. The second-order valence-corrected chi connectivity index (χ2v) is 12.0. The van der Waals surface area contributed by atoms with Gasteiger partial charge in [-0.15, -0.1) is 0 Å². The van der Waals surface area contributed by atoms with Crippen LogP contribution in [0.1, 0.15) is 113 Å². The van der Waals surface area contributed by atoms with E-state index in [1.54, 1.807) is 6.92 Å². The van der Waals surface area contributed by atoms with Gasteiger partial charge in [-0.05, 0) is 62.7 Å². The largest absolute Gasteiger partial charge is 0.459 e. The van der Waals surface area contributed by atoms with Crippen molar-refractivity contribution >= 4 is 11.9 Å². The highest BCUT2D eigenvalue weighted by Crippen LogP contribution is 2.52. The summed E-state index contributed by atoms with van der Waals surface area (Å²) >= 11 is 0. The van der Waals surface area contributed by atoms with Crippen molar-refractivity contribution in [2.75, 3.05) is 6.61 Å². The van der Waals surface area contributed by atoms with Crippen molar-refractivity contribution < 1.29 is 41.0 Å². The maximum atomic E-state index is 14.0. The molecule has 0 amide bonds. The Hall–Kier alpha value is -1.41. The van der Waals surface area contributed by atoms with Crippen LogP contribution in [0.2, 0.25) is 0 Å². The van der Waals surface area contributed by atoms with Crippen LogP contribution < -0.4 is 0 Å². The van der Waals surface area contributed by atoms with Crippen LogP contribution in [0.15, 0.2) is 0 Å². The SMILES string of the molecule is CCC(C(=O)OCC(F)(F)C(F)(F)F)C1(OC(=O)C(C)(CC(C)(C)CC)C(C)(C)CC)CCCCC1. The molecule has 1 aliphatic carbocycles. The molecular formula is C27H45F5O4. The van der Waals surface area contributed by atoms with Gasteiger partial charge in [-0.25, -0.2) is 0 Å². The summed E-state index contributed by atoms with van der Waals surface area (Å²) in [5, 5.41) is 0. The van der Waals surface area contributed by atoms with Crippen LogP contribution in [-0.2, 0) is 19.1 Å². The number of halogens is 5. The van der Waals surface area contributed by atoms with Crippen LogP contribution in [0.25, 0.3) is 0 Å². The van der Waals surface area contributed by atoms with Gasteiger partial charge in [0.1, 0.15) is 5.60 Å². The van der Waals surface area contributed by atoms with Crippen LogP contribution >= 0.6 is 0 Å². The van der Waals surface area contributed by atoms with Crippen LogP contribution in [0.5, 0.6) is 0 Å². The van der Waals surface area contributed by atoms with E-state index in [-0.39, 0.29) is 11.8 Å². The van der Waals surface area contributed by atoms with Crippen LogP contribution in [-0.4, -0.2) is 36.2 Å². The predicted molar refractivity (Wildman–Crippen MR) is 129 cm³/mol. The Labute approximate surface area is 213 Å². The highest BCUT2D eigenvalue weighted by Gasteiger charge is 2.59. The quantitative estimate of drug-likeness (QED) is 0.189. The number of alkyl halides is 5. The maximum absolute atomic E-state index is 14.0. The third-order valence-electron chi connectivity index (χ3n) is 8.75. The summed E-state index contributed by atoms with van der Waals surface area (Å²) in [6, 6.07) is 0. The second-order valence-electron chi connectivity index (χ2n) is 12.0. The molecular weight excluding hydrogens is 483 g/mol. The molecule has 0 aromatic heterocycles. The van der Waals surface area contributed by atoms with Gasteiger partial charge in [0, 0.05) is 0 Å². The normalized spacial score (nSPS) is 19.8. The molecule has 0 heterocycles. The minimum Gasteiger partial charge on any atom is -0.459 e. The van der Waals surface area contributed by atoms with E-state index >= 15 is 0 Å². The van der Waals surface area contributed by atoms with Crippen molar-refractivity contribution in [1.82, 2.24) is 0 Å². The lowest BCUT2D eigenvalue weighted by molar-refractivity contribution is -0.295. The van der Waals surface area contributed by atoms with Crippen LogP contribution in [0.4, 0.5) is 22.0 Å². The van der Waals surface area contributed by atoms with E-state index in [2.05, 4.69) is 18.6 Å². The molecule has 36 heavy (non-hydrogen) atoms. The fourth-order valence-corrected chi connectivity index (χ4v) is 5.13. The number of carbonyl (C=O) groups excluding carboxylic acids is 2. The third-order valence-corrected chi connectivity index (χ3v) is 8.75. The van der Waals surface area contributed by atoms with E-state index in [4.69, 9.17) is 4.74 Å². The maximum Gasteiger partial charge on any atom is 0.456 e. The smallest absolute Gasteiger partial charge is 0.456 e. The number of hydrogen-bond donors (Lipinski definition) is 0. The zero-order chi connectivity index (χ0) is 28.2. The Balaban J connectivity index is 3.36. The third kappa shape index (κ3) is 7.12. The standard InChI is InChI=1S/C27H45F5O4/c1-9-19(20(33)35-18-26(28,29)27(30,31)32)25(15-13-12-14-16-25)36-21(34)24(8,23(6,7)11-3)17-22(4,5)10-2/h19H,9-18H2,1-8H3. The van der Waals surface area contributed by atoms with E-state index < -0.39 is 53.0 Å². The molecule has 0 aromatic rings. The number of hydrogen-bond acceptors (Lipinski definition) is 4. The summed E-state index contributed by atoms with van der Waals surface area (Å²) in [5.41, 5.74) is -2.86. The average Bonchev–Trinajstić information content (AvgIpc) is 2.77. The summed E-state index contributed by atoms with van der Waals surface area (Å²) in [4.78, 5) is 26.9. The first-order valence-corrected chi connectivity index (χ1v) is 13.1. The highest BCUT2D eigenvalue weighted by molar-refractivity contribution is 5.80. The van der Waals surface area contributed by atoms with E-state index in [1.165, 1.54) is 0 Å². The summed E-state index contributed by atoms with van der Waals surface area (Å²) < 4.78 is 75.4. The zero-order valence-electron chi connectivity index (χ0n) is 23.2. The summed E-state index contributed by atoms with van der Waals surface area (Å²) in [7, 11) is 0. The topological polar surface area (TPSA) is 52.6 Å². The van der Waals surface area contributed by atoms with Gasteiger partial charge in [0.15, 0.2) is 6.61 Å². The number of carbonyl (C=O) groups is 2. The monoisotopic (exact) mass is 528 g/mol. The zero-order valence-corrected chi connectivity index (χ0v) is 23.2. The Morgan fingerprint density at radius 1 is 0.861 bits per heavy atom. The average molecular weight is 529 g/mol. The molecule has 1 aliphatic rings.